The predicted molar refractivity (Wildman–Crippen MR) is 86.0 cm³/mol. The first-order chi connectivity index (χ1) is 9.61. The molecule has 3 rings (SSSR count). The summed E-state index contributed by atoms with van der Waals surface area (Å²) in [5, 5.41) is 3.35. The summed E-state index contributed by atoms with van der Waals surface area (Å²) < 4.78 is 2.15. The van der Waals surface area contributed by atoms with Crippen molar-refractivity contribution in [1.29, 1.82) is 0 Å². The smallest absolute Gasteiger partial charge is 0.194 e. The number of aryl methyl sites for hydroxylation is 1. The number of aromatic nitrogens is 2. The molecular formula is C14H13Cl2N3S. The summed E-state index contributed by atoms with van der Waals surface area (Å²) in [6.07, 6.45) is 0.838. The number of rotatable bonds is 3. The number of halogens is 2. The third kappa shape index (κ3) is 2.23. The topological polar surface area (TPSA) is 43.3 Å². The predicted octanol–water partition coefficient (Wildman–Crippen LogP) is 4.18. The number of nitrogens with zero attached hydrogens (tertiary/aromatic N) is 2. The maximum atomic E-state index is 6.28. The molecule has 1 aromatic carbocycles. The lowest BCUT2D eigenvalue weighted by Crippen LogP contribution is -2.05. The van der Waals surface area contributed by atoms with E-state index in [0.29, 0.717) is 16.6 Å². The molecule has 0 amide bonds. The van der Waals surface area contributed by atoms with E-state index in [4.69, 9.17) is 28.9 Å². The van der Waals surface area contributed by atoms with E-state index < -0.39 is 0 Å². The van der Waals surface area contributed by atoms with Gasteiger partial charge in [-0.3, -0.25) is 4.40 Å². The second-order valence-corrected chi connectivity index (χ2v) is 6.23. The van der Waals surface area contributed by atoms with E-state index in [2.05, 4.69) is 14.8 Å². The summed E-state index contributed by atoms with van der Waals surface area (Å²) in [4.78, 5) is 5.65. The van der Waals surface area contributed by atoms with Gasteiger partial charge >= 0.3 is 0 Å². The van der Waals surface area contributed by atoms with Gasteiger partial charge in [0.15, 0.2) is 4.96 Å². The minimum atomic E-state index is 0.617. The second-order valence-electron chi connectivity index (χ2n) is 4.55. The Bertz CT molecular complexity index is 776. The van der Waals surface area contributed by atoms with Gasteiger partial charge in [0.05, 0.1) is 10.7 Å². The standard InChI is InChI=1S/C14H13Cl2N3S/c1-8-13(11-3-2-9(15)6-12(11)16)18-14-19(8)10(4-5-17)7-20-14/h2-3,6-7H,4-5,17H2,1H3. The summed E-state index contributed by atoms with van der Waals surface area (Å²) in [5.74, 6) is 0. The zero-order valence-electron chi connectivity index (χ0n) is 10.9. The molecule has 0 aliphatic heterocycles. The number of imidazole rings is 1. The number of hydrogen-bond acceptors (Lipinski definition) is 3. The molecule has 104 valence electrons. The van der Waals surface area contributed by atoms with E-state index in [1.807, 2.05) is 19.1 Å². The Morgan fingerprint density at radius 1 is 1.35 bits per heavy atom. The first kappa shape index (κ1) is 13.9. The highest BCUT2D eigenvalue weighted by Gasteiger charge is 2.16. The van der Waals surface area contributed by atoms with Crippen molar-refractivity contribution in [2.45, 2.75) is 13.3 Å². The first-order valence-electron chi connectivity index (χ1n) is 6.22. The lowest BCUT2D eigenvalue weighted by molar-refractivity contribution is 0.896. The van der Waals surface area contributed by atoms with Crippen LogP contribution < -0.4 is 5.73 Å². The summed E-state index contributed by atoms with van der Waals surface area (Å²) >= 11 is 13.8. The number of thiazole rings is 1. The Morgan fingerprint density at radius 2 is 2.15 bits per heavy atom. The average Bonchev–Trinajstić information content (AvgIpc) is 2.93. The Labute approximate surface area is 131 Å². The Kier molecular flexibility index (Phi) is 3.73. The average molecular weight is 326 g/mol. The third-order valence-electron chi connectivity index (χ3n) is 3.25. The highest BCUT2D eigenvalue weighted by molar-refractivity contribution is 7.15. The highest BCUT2D eigenvalue weighted by Crippen LogP contribution is 2.33. The van der Waals surface area contributed by atoms with Crippen molar-refractivity contribution < 1.29 is 0 Å². The van der Waals surface area contributed by atoms with E-state index in [1.54, 1.807) is 17.4 Å². The molecule has 20 heavy (non-hydrogen) atoms. The van der Waals surface area contributed by atoms with Crippen molar-refractivity contribution in [2.75, 3.05) is 6.54 Å². The van der Waals surface area contributed by atoms with Gasteiger partial charge in [-0.05, 0) is 31.7 Å². The molecule has 0 saturated heterocycles. The monoisotopic (exact) mass is 325 g/mol. The normalized spacial score (nSPS) is 11.4. The minimum absolute atomic E-state index is 0.617. The largest absolute Gasteiger partial charge is 0.330 e. The number of nitrogens with two attached hydrogens (primary N) is 1. The van der Waals surface area contributed by atoms with Crippen molar-refractivity contribution in [3.8, 4) is 11.3 Å². The van der Waals surface area contributed by atoms with Crippen molar-refractivity contribution in [1.82, 2.24) is 9.38 Å². The van der Waals surface area contributed by atoms with Crippen molar-refractivity contribution in [2.24, 2.45) is 5.73 Å². The molecule has 3 aromatic rings. The van der Waals surface area contributed by atoms with E-state index in [9.17, 15) is 0 Å². The molecule has 0 radical (unpaired) electrons. The third-order valence-corrected chi connectivity index (χ3v) is 4.67. The molecule has 2 aromatic heterocycles. The molecule has 0 bridgehead atoms. The van der Waals surface area contributed by atoms with Crippen LogP contribution in [0.15, 0.2) is 23.6 Å². The molecule has 0 aliphatic rings. The molecule has 0 atom stereocenters. The number of hydrogen-bond donors (Lipinski definition) is 1. The summed E-state index contributed by atoms with van der Waals surface area (Å²) in [6.45, 7) is 2.67. The minimum Gasteiger partial charge on any atom is -0.330 e. The number of fused-ring (bicyclic) bond motifs is 1. The molecule has 2 heterocycles. The van der Waals surface area contributed by atoms with Gasteiger partial charge in [0.1, 0.15) is 0 Å². The van der Waals surface area contributed by atoms with Gasteiger partial charge < -0.3 is 5.73 Å². The maximum absolute atomic E-state index is 6.28. The van der Waals surface area contributed by atoms with Crippen LogP contribution in [0.25, 0.3) is 16.2 Å². The van der Waals surface area contributed by atoms with E-state index in [-0.39, 0.29) is 0 Å². The molecule has 0 spiro atoms. The molecule has 2 N–H and O–H groups in total. The van der Waals surface area contributed by atoms with Gasteiger partial charge in [0.2, 0.25) is 0 Å². The van der Waals surface area contributed by atoms with Crippen LogP contribution in [-0.2, 0) is 6.42 Å². The van der Waals surface area contributed by atoms with Crippen LogP contribution in [0.3, 0.4) is 0 Å². The zero-order chi connectivity index (χ0) is 14.3. The fourth-order valence-corrected chi connectivity index (χ4v) is 3.79. The van der Waals surface area contributed by atoms with Gasteiger partial charge in [-0.15, -0.1) is 11.3 Å². The van der Waals surface area contributed by atoms with Gasteiger partial charge in [-0.2, -0.15) is 0 Å². The molecular weight excluding hydrogens is 313 g/mol. The summed E-state index contributed by atoms with van der Waals surface area (Å²) in [6, 6.07) is 5.48. The molecule has 3 nitrogen and oxygen atoms in total. The van der Waals surface area contributed by atoms with Crippen molar-refractivity contribution >= 4 is 39.5 Å². The van der Waals surface area contributed by atoms with Crippen LogP contribution in [0, 0.1) is 6.92 Å². The van der Waals surface area contributed by atoms with Gasteiger partial charge in [0.25, 0.3) is 0 Å². The van der Waals surface area contributed by atoms with Crippen molar-refractivity contribution in [3.63, 3.8) is 0 Å². The van der Waals surface area contributed by atoms with Crippen LogP contribution in [0.4, 0.5) is 0 Å². The van der Waals surface area contributed by atoms with Crippen LogP contribution in [0.5, 0.6) is 0 Å². The summed E-state index contributed by atoms with van der Waals surface area (Å²) in [5.41, 5.74) is 9.73. The van der Waals surface area contributed by atoms with Crippen LogP contribution in [0.2, 0.25) is 10.0 Å². The Balaban J connectivity index is 2.19. The lowest BCUT2D eigenvalue weighted by Gasteiger charge is -2.04. The highest BCUT2D eigenvalue weighted by atomic mass is 35.5. The zero-order valence-corrected chi connectivity index (χ0v) is 13.2. The fraction of sp³-hybridized carbons (Fsp3) is 0.214. The Morgan fingerprint density at radius 3 is 2.85 bits per heavy atom. The molecule has 0 fully saturated rings. The quantitative estimate of drug-likeness (QED) is 0.785. The van der Waals surface area contributed by atoms with E-state index in [0.717, 1.165) is 28.3 Å². The maximum Gasteiger partial charge on any atom is 0.194 e. The molecule has 6 heteroatoms. The number of benzene rings is 1. The second kappa shape index (κ2) is 5.37. The van der Waals surface area contributed by atoms with Gasteiger partial charge in [0, 0.05) is 33.8 Å². The molecule has 0 unspecified atom stereocenters. The van der Waals surface area contributed by atoms with Gasteiger partial charge in [-0.1, -0.05) is 23.2 Å². The van der Waals surface area contributed by atoms with Crippen molar-refractivity contribution in [3.05, 3.63) is 45.0 Å². The molecule has 0 saturated carbocycles. The van der Waals surface area contributed by atoms with E-state index in [1.165, 1.54) is 5.69 Å². The first-order valence-corrected chi connectivity index (χ1v) is 7.86. The SMILES string of the molecule is Cc1c(-c2ccc(Cl)cc2Cl)nc2scc(CCN)n12. The summed E-state index contributed by atoms with van der Waals surface area (Å²) in [7, 11) is 0. The van der Waals surface area contributed by atoms with Crippen LogP contribution in [-0.4, -0.2) is 15.9 Å². The Hall–Kier alpha value is -1.07. The fourth-order valence-electron chi connectivity index (χ4n) is 2.32. The van der Waals surface area contributed by atoms with Gasteiger partial charge in [-0.25, -0.2) is 4.98 Å². The molecule has 0 aliphatic carbocycles. The lowest BCUT2D eigenvalue weighted by atomic mass is 10.1. The van der Waals surface area contributed by atoms with E-state index >= 15 is 0 Å². The van der Waals surface area contributed by atoms with Crippen LogP contribution in [0.1, 0.15) is 11.4 Å². The van der Waals surface area contributed by atoms with Crippen LogP contribution >= 0.6 is 34.5 Å².